The average molecular weight is 490 g/mol. The molecule has 0 amide bonds. The number of carboxylic acid groups (broad SMARTS) is 1. The second-order valence-electron chi connectivity index (χ2n) is 7.04. The molecule has 0 spiro atoms. The Balaban J connectivity index is 1.71. The number of rotatable bonds is 9. The van der Waals surface area contributed by atoms with Crippen molar-refractivity contribution in [2.75, 3.05) is 12.3 Å². The first kappa shape index (κ1) is 24.6. The summed E-state index contributed by atoms with van der Waals surface area (Å²) in [5.74, 6) is -5.33. The van der Waals surface area contributed by atoms with Gasteiger partial charge in [-0.1, -0.05) is 12.1 Å². The number of nitrogens with zero attached hydrogens (tertiary/aromatic N) is 2. The van der Waals surface area contributed by atoms with Crippen LogP contribution in [0, 0.1) is 0 Å². The summed E-state index contributed by atoms with van der Waals surface area (Å²) in [5, 5.41) is 21.2. The summed E-state index contributed by atoms with van der Waals surface area (Å²) in [4.78, 5) is 26.2. The molecule has 0 bridgehead atoms. The predicted octanol–water partition coefficient (Wildman–Crippen LogP) is 0.629. The number of aromatic nitrogens is 2. The summed E-state index contributed by atoms with van der Waals surface area (Å²) in [6, 6.07) is 5.78. The Morgan fingerprint density at radius 1 is 1.39 bits per heavy atom. The van der Waals surface area contributed by atoms with Gasteiger partial charge in [0.1, 0.15) is 24.6 Å². The van der Waals surface area contributed by atoms with Gasteiger partial charge in [0.05, 0.1) is 0 Å². The average Bonchev–Trinajstić information content (AvgIpc) is 2.96. The molecule has 1 aliphatic rings. The lowest BCUT2D eigenvalue weighted by atomic mass is 10.1. The van der Waals surface area contributed by atoms with Crippen molar-refractivity contribution in [3.05, 3.63) is 47.0 Å². The number of aliphatic hydroxyl groups excluding tert-OH is 1. The molecule has 1 aromatic heterocycles. The Labute approximate surface area is 185 Å². The van der Waals surface area contributed by atoms with Crippen LogP contribution in [0.5, 0.6) is 11.5 Å². The highest BCUT2D eigenvalue weighted by Crippen LogP contribution is 2.42. The molecule has 2 aromatic rings. The van der Waals surface area contributed by atoms with Crippen LogP contribution in [0.15, 0.2) is 41.3 Å². The SMILES string of the molecule is CC(N[PH](=O)Oc1ccccc1OC[C@H]1OC(n2ccc(N)nc2=O)C(F)(F)[C@@H]1O)C(=O)O. The van der Waals surface area contributed by atoms with E-state index < -0.39 is 56.8 Å². The molecular weight excluding hydrogens is 469 g/mol. The number of hydrogen-bond acceptors (Lipinski definition) is 9. The van der Waals surface area contributed by atoms with Crippen LogP contribution in [0.3, 0.4) is 0 Å². The molecule has 1 saturated heterocycles. The van der Waals surface area contributed by atoms with E-state index in [-0.39, 0.29) is 17.3 Å². The second kappa shape index (κ2) is 9.83. The van der Waals surface area contributed by atoms with E-state index in [4.69, 9.17) is 24.8 Å². The standard InChI is InChI=1S/C18H21F2N4O8P/c1-9(15(26)27)23-33(29)32-11-5-3-2-4-10(11)30-8-12-14(25)18(19,20)16(31-12)24-7-6-13(21)22-17(24)28/h2-7,9,12,14,16,25,33H,8H2,1H3,(H,23,29)(H,26,27)(H2,21,22,28)/t9?,12-,14-,16?/m1/s1. The van der Waals surface area contributed by atoms with E-state index in [9.17, 15) is 28.0 Å². The van der Waals surface area contributed by atoms with E-state index in [0.717, 1.165) is 12.3 Å². The molecule has 33 heavy (non-hydrogen) atoms. The normalized spacial score (nSPS) is 23.6. The number of para-hydroxylation sites is 2. The van der Waals surface area contributed by atoms with Gasteiger partial charge in [-0.3, -0.25) is 13.9 Å². The molecule has 3 rings (SSSR count). The van der Waals surface area contributed by atoms with Gasteiger partial charge in [-0.2, -0.15) is 13.8 Å². The second-order valence-corrected chi connectivity index (χ2v) is 8.11. The summed E-state index contributed by atoms with van der Waals surface area (Å²) in [7, 11) is -3.04. The van der Waals surface area contributed by atoms with Gasteiger partial charge in [-0.15, -0.1) is 0 Å². The van der Waals surface area contributed by atoms with Crippen LogP contribution >= 0.6 is 8.18 Å². The van der Waals surface area contributed by atoms with Gasteiger partial charge in [0.15, 0.2) is 17.6 Å². The maximum Gasteiger partial charge on any atom is 0.351 e. The molecule has 0 aliphatic carbocycles. The number of aliphatic hydroxyl groups is 1. The van der Waals surface area contributed by atoms with E-state index in [1.54, 1.807) is 0 Å². The van der Waals surface area contributed by atoms with Gasteiger partial charge in [-0.25, -0.2) is 9.88 Å². The number of hydrogen-bond donors (Lipinski definition) is 4. The van der Waals surface area contributed by atoms with E-state index in [1.165, 1.54) is 31.2 Å². The largest absolute Gasteiger partial charge is 0.487 e. The predicted molar refractivity (Wildman–Crippen MR) is 110 cm³/mol. The lowest BCUT2D eigenvalue weighted by Crippen LogP contribution is -2.42. The molecular formula is C18H21F2N4O8P. The number of carboxylic acids is 1. The Bertz CT molecular complexity index is 1100. The molecule has 1 aromatic carbocycles. The summed E-state index contributed by atoms with van der Waals surface area (Å²) >= 11 is 0. The molecule has 0 radical (unpaired) electrons. The van der Waals surface area contributed by atoms with Gasteiger partial charge >= 0.3 is 25.8 Å². The van der Waals surface area contributed by atoms with Crippen molar-refractivity contribution in [3.8, 4) is 11.5 Å². The maximum absolute atomic E-state index is 14.6. The van der Waals surface area contributed by atoms with Crippen LogP contribution in [0.25, 0.3) is 0 Å². The Hall–Kier alpha value is -3.06. The maximum atomic E-state index is 14.6. The number of nitrogens with one attached hydrogen (secondary N) is 1. The zero-order valence-corrected chi connectivity index (χ0v) is 18.1. The number of ether oxygens (including phenoxy) is 2. The molecule has 5 atom stereocenters. The zero-order valence-electron chi connectivity index (χ0n) is 17.1. The summed E-state index contributed by atoms with van der Waals surface area (Å²) in [6.07, 6.45) is -5.04. The minimum atomic E-state index is -3.85. The number of nitrogens with two attached hydrogens (primary N) is 1. The van der Waals surface area contributed by atoms with Crippen molar-refractivity contribution in [1.82, 2.24) is 14.6 Å². The monoisotopic (exact) mass is 490 g/mol. The first-order chi connectivity index (χ1) is 15.5. The fourth-order valence-corrected chi connectivity index (χ4v) is 3.81. The first-order valence-electron chi connectivity index (χ1n) is 9.49. The Morgan fingerprint density at radius 2 is 2.06 bits per heavy atom. The molecule has 1 fully saturated rings. The number of aliphatic carboxylic acids is 1. The Morgan fingerprint density at radius 3 is 2.70 bits per heavy atom. The minimum Gasteiger partial charge on any atom is -0.487 e. The third-order valence-electron chi connectivity index (χ3n) is 4.64. The van der Waals surface area contributed by atoms with Crippen molar-refractivity contribution in [2.24, 2.45) is 0 Å². The molecule has 2 heterocycles. The number of carbonyl (C=O) groups is 1. The molecule has 3 unspecified atom stereocenters. The quantitative estimate of drug-likeness (QED) is 0.363. The van der Waals surface area contributed by atoms with E-state index >= 15 is 0 Å². The third kappa shape index (κ3) is 5.47. The van der Waals surface area contributed by atoms with Crippen LogP contribution in [0.4, 0.5) is 14.6 Å². The van der Waals surface area contributed by atoms with Gasteiger partial charge in [0.25, 0.3) is 0 Å². The van der Waals surface area contributed by atoms with Crippen molar-refractivity contribution >= 4 is 20.0 Å². The zero-order chi connectivity index (χ0) is 24.3. The van der Waals surface area contributed by atoms with Gasteiger partial charge in [0, 0.05) is 6.20 Å². The molecule has 12 nitrogen and oxygen atoms in total. The van der Waals surface area contributed by atoms with Crippen molar-refractivity contribution < 1.29 is 42.4 Å². The van der Waals surface area contributed by atoms with Crippen LogP contribution in [0.1, 0.15) is 13.2 Å². The summed E-state index contributed by atoms with van der Waals surface area (Å²) < 4.78 is 57.6. The number of anilines is 1. The number of benzene rings is 1. The molecule has 5 N–H and O–H groups in total. The minimum absolute atomic E-state index is 0.0190. The van der Waals surface area contributed by atoms with Crippen molar-refractivity contribution in [3.63, 3.8) is 0 Å². The molecule has 1 aliphatic heterocycles. The smallest absolute Gasteiger partial charge is 0.351 e. The van der Waals surface area contributed by atoms with Crippen molar-refractivity contribution in [1.29, 1.82) is 0 Å². The fraction of sp³-hybridized carbons (Fsp3) is 0.389. The molecule has 180 valence electrons. The number of halogens is 2. The van der Waals surface area contributed by atoms with Gasteiger partial charge in [-0.05, 0) is 25.1 Å². The molecule has 15 heteroatoms. The highest BCUT2D eigenvalue weighted by Gasteiger charge is 2.60. The summed E-state index contributed by atoms with van der Waals surface area (Å²) in [6.45, 7) is 0.693. The number of alkyl halides is 2. The van der Waals surface area contributed by atoms with Crippen LogP contribution < -0.4 is 25.8 Å². The van der Waals surface area contributed by atoms with Crippen LogP contribution in [0.2, 0.25) is 0 Å². The van der Waals surface area contributed by atoms with Gasteiger partial charge in [0.2, 0.25) is 6.23 Å². The highest BCUT2D eigenvalue weighted by molar-refractivity contribution is 7.37. The van der Waals surface area contributed by atoms with Crippen molar-refractivity contribution in [2.45, 2.75) is 37.3 Å². The summed E-state index contributed by atoms with van der Waals surface area (Å²) in [5.41, 5.74) is 4.28. The molecule has 0 saturated carbocycles. The lowest BCUT2D eigenvalue weighted by Gasteiger charge is -2.20. The van der Waals surface area contributed by atoms with Gasteiger partial charge < -0.3 is 29.9 Å². The first-order valence-corrected chi connectivity index (χ1v) is 10.8. The van der Waals surface area contributed by atoms with Crippen LogP contribution in [-0.4, -0.2) is 56.5 Å². The Kier molecular flexibility index (Phi) is 7.32. The number of nitrogen functional groups attached to an aromatic ring is 1. The van der Waals surface area contributed by atoms with E-state index in [1.807, 2.05) is 0 Å². The lowest BCUT2D eigenvalue weighted by molar-refractivity contribution is -0.140. The van der Waals surface area contributed by atoms with E-state index in [0.29, 0.717) is 4.57 Å². The van der Waals surface area contributed by atoms with E-state index in [2.05, 4.69) is 10.1 Å². The fourth-order valence-electron chi connectivity index (χ4n) is 2.90. The van der Waals surface area contributed by atoms with Crippen LogP contribution in [-0.2, 0) is 14.1 Å². The third-order valence-corrected chi connectivity index (χ3v) is 5.72. The highest BCUT2D eigenvalue weighted by atomic mass is 31.1. The topological polar surface area (TPSA) is 175 Å².